The van der Waals surface area contributed by atoms with Crippen LogP contribution in [0.25, 0.3) is 11.3 Å². The van der Waals surface area contributed by atoms with Gasteiger partial charge in [0.2, 0.25) is 15.9 Å². The minimum Gasteiger partial charge on any atom is -0.424 e. The fourth-order valence-electron chi connectivity index (χ4n) is 3.45. The monoisotopic (exact) mass is 486 g/mol. The molecule has 0 spiro atoms. The maximum Gasteiger partial charge on any atom is 0.243 e. The number of hydrogen-bond donors (Lipinski definition) is 4. The van der Waals surface area contributed by atoms with Gasteiger partial charge in [0.25, 0.3) is 0 Å². The fraction of sp³-hybridized carbons (Fsp3) is 0.417. The highest BCUT2D eigenvalue weighted by atomic mass is 32.2. The molecule has 0 bridgehead atoms. The molecule has 10 heteroatoms. The summed E-state index contributed by atoms with van der Waals surface area (Å²) >= 11 is 0. The van der Waals surface area contributed by atoms with Crippen molar-refractivity contribution in [3.63, 3.8) is 0 Å². The van der Waals surface area contributed by atoms with Gasteiger partial charge in [0.05, 0.1) is 16.8 Å². The van der Waals surface area contributed by atoms with Crippen molar-refractivity contribution in [3.05, 3.63) is 35.7 Å². The molecule has 0 amide bonds. The molecule has 0 saturated heterocycles. The number of nitrogens with two attached hydrogens (primary N) is 1. The number of anilines is 1. The first-order chi connectivity index (χ1) is 16.2. The summed E-state index contributed by atoms with van der Waals surface area (Å²) in [6, 6.07) is 4.79. The van der Waals surface area contributed by atoms with Gasteiger partial charge in [-0.15, -0.1) is 12.8 Å². The van der Waals surface area contributed by atoms with Gasteiger partial charge in [-0.1, -0.05) is 39.2 Å². The molecule has 34 heavy (non-hydrogen) atoms. The van der Waals surface area contributed by atoms with Gasteiger partial charge in [0.15, 0.2) is 17.4 Å². The highest BCUT2D eigenvalue weighted by Gasteiger charge is 2.23. The second-order valence-corrected chi connectivity index (χ2v) is 9.12. The van der Waals surface area contributed by atoms with Gasteiger partial charge in [-0.05, 0) is 37.5 Å². The highest BCUT2D eigenvalue weighted by Crippen LogP contribution is 2.27. The molecule has 5 N–H and O–H groups in total. The van der Waals surface area contributed by atoms with Crippen molar-refractivity contribution in [1.29, 1.82) is 10.8 Å². The number of nitrogens with zero attached hydrogens (tertiary/aromatic N) is 2. The third kappa shape index (κ3) is 7.64. The summed E-state index contributed by atoms with van der Waals surface area (Å²) in [5.74, 6) is -0.579. The molecule has 0 radical (unpaired) electrons. The van der Waals surface area contributed by atoms with E-state index >= 15 is 0 Å². The average molecular weight is 487 g/mol. The smallest absolute Gasteiger partial charge is 0.243 e. The maximum absolute atomic E-state index is 12.9. The van der Waals surface area contributed by atoms with Crippen LogP contribution < -0.4 is 10.5 Å². The molecule has 2 aromatic rings. The Morgan fingerprint density at radius 1 is 1.18 bits per heavy atom. The Morgan fingerprint density at radius 3 is 2.38 bits per heavy atom. The van der Waals surface area contributed by atoms with Crippen LogP contribution in [-0.2, 0) is 14.8 Å². The molecule has 184 valence electrons. The number of hydrogen-bond acceptors (Lipinski definition) is 8. The summed E-state index contributed by atoms with van der Waals surface area (Å²) in [6.45, 7) is 7.22. The molecular weight excluding hydrogens is 452 g/mol. The first-order valence-corrected chi connectivity index (χ1v) is 12.6. The predicted octanol–water partition coefficient (Wildman–Crippen LogP) is 4.26. The lowest BCUT2D eigenvalue weighted by Gasteiger charge is -2.22. The molecular formula is C24H34N6O3S. The minimum atomic E-state index is -3.68. The van der Waals surface area contributed by atoms with Crippen molar-refractivity contribution in [3.8, 4) is 24.1 Å². The SMILES string of the molecule is C#C.CC.CC(=N)OC(=N)c1nc(-c2cc(S(=O)(=O)NC3CCCCC3)ccc2C)cnc1N. The van der Waals surface area contributed by atoms with Crippen molar-refractivity contribution >= 4 is 27.6 Å². The number of aryl methyl sites for hydroxylation is 1. The van der Waals surface area contributed by atoms with Gasteiger partial charge in [-0.3, -0.25) is 10.8 Å². The van der Waals surface area contributed by atoms with E-state index in [1.165, 1.54) is 13.1 Å². The third-order valence-corrected chi connectivity index (χ3v) is 6.51. The van der Waals surface area contributed by atoms with Crippen molar-refractivity contribution < 1.29 is 13.2 Å². The van der Waals surface area contributed by atoms with E-state index in [0.717, 1.165) is 37.7 Å². The third-order valence-electron chi connectivity index (χ3n) is 4.99. The van der Waals surface area contributed by atoms with E-state index in [1.807, 2.05) is 20.8 Å². The molecule has 3 rings (SSSR count). The number of ether oxygens (including phenoxy) is 1. The highest BCUT2D eigenvalue weighted by molar-refractivity contribution is 7.89. The van der Waals surface area contributed by atoms with E-state index in [1.54, 1.807) is 18.2 Å². The predicted molar refractivity (Wildman–Crippen MR) is 136 cm³/mol. The first kappa shape index (κ1) is 28.7. The lowest BCUT2D eigenvalue weighted by atomic mass is 9.96. The largest absolute Gasteiger partial charge is 0.424 e. The van der Waals surface area contributed by atoms with Crippen LogP contribution in [0.2, 0.25) is 0 Å². The Balaban J connectivity index is 0.00000137. The summed E-state index contributed by atoms with van der Waals surface area (Å²) in [5, 5.41) is 15.3. The second kappa shape index (κ2) is 13.4. The van der Waals surface area contributed by atoms with Crippen LogP contribution in [0.5, 0.6) is 0 Å². The van der Waals surface area contributed by atoms with Gasteiger partial charge in [0.1, 0.15) is 0 Å². The van der Waals surface area contributed by atoms with E-state index < -0.39 is 15.9 Å². The van der Waals surface area contributed by atoms with E-state index in [2.05, 4.69) is 27.5 Å². The van der Waals surface area contributed by atoms with Crippen LogP contribution in [-0.4, -0.2) is 36.2 Å². The summed E-state index contributed by atoms with van der Waals surface area (Å²) < 4.78 is 33.6. The lowest BCUT2D eigenvalue weighted by molar-refractivity contribution is 0.412. The van der Waals surface area contributed by atoms with Gasteiger partial charge in [-0.2, -0.15) is 0 Å². The zero-order chi connectivity index (χ0) is 25.9. The molecule has 1 aliphatic carbocycles. The molecule has 1 fully saturated rings. The zero-order valence-corrected chi connectivity index (χ0v) is 21.0. The second-order valence-electron chi connectivity index (χ2n) is 7.41. The zero-order valence-electron chi connectivity index (χ0n) is 20.2. The van der Waals surface area contributed by atoms with E-state index in [-0.39, 0.29) is 28.3 Å². The van der Waals surface area contributed by atoms with Crippen molar-refractivity contribution in [2.24, 2.45) is 0 Å². The normalized spacial score (nSPS) is 13.5. The van der Waals surface area contributed by atoms with Crippen molar-refractivity contribution in [1.82, 2.24) is 14.7 Å². The Kier molecular flexibility index (Phi) is 11.3. The first-order valence-electron chi connectivity index (χ1n) is 11.1. The molecule has 9 nitrogen and oxygen atoms in total. The molecule has 0 unspecified atom stereocenters. The van der Waals surface area contributed by atoms with Crippen LogP contribution in [0.4, 0.5) is 5.82 Å². The lowest BCUT2D eigenvalue weighted by Crippen LogP contribution is -2.36. The number of terminal acetylenes is 1. The summed E-state index contributed by atoms with van der Waals surface area (Å²) in [4.78, 5) is 8.56. The van der Waals surface area contributed by atoms with Gasteiger partial charge < -0.3 is 10.5 Å². The van der Waals surface area contributed by atoms with Crippen LogP contribution >= 0.6 is 0 Å². The van der Waals surface area contributed by atoms with Gasteiger partial charge >= 0.3 is 0 Å². The maximum atomic E-state index is 12.9. The summed E-state index contributed by atoms with van der Waals surface area (Å²) in [7, 11) is -3.68. The van der Waals surface area contributed by atoms with E-state index in [4.69, 9.17) is 21.3 Å². The Bertz CT molecular complexity index is 1120. The Labute approximate surface area is 202 Å². The Hall–Kier alpha value is -3.29. The summed E-state index contributed by atoms with van der Waals surface area (Å²) in [6.07, 6.45) is 14.3. The Morgan fingerprint density at radius 2 is 1.79 bits per heavy atom. The van der Waals surface area contributed by atoms with Crippen LogP contribution in [0.1, 0.15) is 64.1 Å². The van der Waals surface area contributed by atoms with Crippen molar-refractivity contribution in [2.75, 3.05) is 5.73 Å². The van der Waals surface area contributed by atoms with Crippen LogP contribution in [0.3, 0.4) is 0 Å². The number of aromatic nitrogens is 2. The van der Waals surface area contributed by atoms with E-state index in [0.29, 0.717) is 11.3 Å². The standard InChI is InChI=1S/C20H26N6O3S.C2H6.C2H2/c1-12-8-9-15(30(27,28)26-14-6-4-3-5-7-14)10-16(12)17-11-24-19(22)18(25-17)20(23)29-13(2)21;2*1-2/h8-11,14,21,23,26H,3-7H2,1-2H3,(H2,22,24);1-2H3;1-2H. The molecule has 0 atom stereocenters. The number of benzene rings is 1. The quantitative estimate of drug-likeness (QED) is 0.281. The molecule has 1 aliphatic rings. The van der Waals surface area contributed by atoms with Crippen molar-refractivity contribution in [2.45, 2.75) is 70.7 Å². The minimum absolute atomic E-state index is 0.00732. The van der Waals surface area contributed by atoms with Gasteiger partial charge in [-0.25, -0.2) is 23.1 Å². The molecule has 1 saturated carbocycles. The van der Waals surface area contributed by atoms with E-state index in [9.17, 15) is 8.42 Å². The van der Waals surface area contributed by atoms with Crippen LogP contribution in [0, 0.1) is 30.6 Å². The number of rotatable bonds is 5. The van der Waals surface area contributed by atoms with Crippen LogP contribution in [0.15, 0.2) is 29.3 Å². The molecule has 0 aliphatic heterocycles. The topological polar surface area (TPSA) is 155 Å². The fourth-order valence-corrected chi connectivity index (χ4v) is 4.78. The molecule has 1 aromatic heterocycles. The number of sulfonamides is 1. The number of nitrogens with one attached hydrogen (secondary N) is 3. The number of nitrogen functional groups attached to an aromatic ring is 1. The molecule has 1 heterocycles. The van der Waals surface area contributed by atoms with Gasteiger partial charge in [0, 0.05) is 18.5 Å². The molecule has 1 aromatic carbocycles. The average Bonchev–Trinajstić information content (AvgIpc) is 2.82. The summed E-state index contributed by atoms with van der Waals surface area (Å²) in [5.41, 5.74) is 7.53.